The number of nitrogens with two attached hydrogens (primary N) is 1. The van der Waals surface area contributed by atoms with Crippen LogP contribution in [0.5, 0.6) is 0 Å². The summed E-state index contributed by atoms with van der Waals surface area (Å²) in [7, 11) is 0. The third kappa shape index (κ3) is 2.47. The molecule has 3 nitrogen and oxygen atoms in total. The minimum atomic E-state index is -0.397. The first-order chi connectivity index (χ1) is 7.66. The highest BCUT2D eigenvalue weighted by Gasteiger charge is 2.23. The molecule has 3 N–H and O–H groups in total. The van der Waals surface area contributed by atoms with Crippen molar-refractivity contribution in [1.82, 2.24) is 0 Å². The monoisotopic (exact) mass is 240 g/mol. The predicted molar refractivity (Wildman–Crippen MR) is 64.9 cm³/mol. The van der Waals surface area contributed by atoms with E-state index < -0.39 is 5.82 Å². The first-order valence-corrected chi connectivity index (χ1v) is 6.19. The summed E-state index contributed by atoms with van der Waals surface area (Å²) in [6.07, 6.45) is 1.97. The first-order valence-electron chi connectivity index (χ1n) is 5.14. The number of hydrogen-bond donors (Lipinski definition) is 2. The van der Waals surface area contributed by atoms with Gasteiger partial charge in [-0.1, -0.05) is 0 Å². The Morgan fingerprint density at radius 2 is 2.38 bits per heavy atom. The Balaban J connectivity index is 2.05. The van der Waals surface area contributed by atoms with Gasteiger partial charge in [-0.15, -0.1) is 11.8 Å². The fourth-order valence-corrected chi connectivity index (χ4v) is 2.81. The Kier molecular flexibility index (Phi) is 3.33. The van der Waals surface area contributed by atoms with E-state index in [4.69, 9.17) is 5.73 Å². The van der Waals surface area contributed by atoms with Crippen molar-refractivity contribution in [1.29, 1.82) is 0 Å². The largest absolute Gasteiger partial charge is 0.397 e. The normalized spacial score (nSPS) is 19.7. The van der Waals surface area contributed by atoms with Gasteiger partial charge in [0.1, 0.15) is 5.82 Å². The Bertz CT molecular complexity index is 405. The van der Waals surface area contributed by atoms with Gasteiger partial charge in [-0.05, 0) is 36.8 Å². The number of amides is 1. The molecule has 1 saturated heterocycles. The molecule has 0 aliphatic carbocycles. The molecule has 1 aromatic rings. The Morgan fingerprint density at radius 3 is 3.00 bits per heavy atom. The van der Waals surface area contributed by atoms with Gasteiger partial charge in [0.25, 0.3) is 0 Å². The van der Waals surface area contributed by atoms with Gasteiger partial charge in [0.05, 0.1) is 16.6 Å². The average molecular weight is 240 g/mol. The predicted octanol–water partition coefficient (Wildman–Crippen LogP) is 2.24. The molecule has 0 aromatic heterocycles. The van der Waals surface area contributed by atoms with Crippen LogP contribution in [0.2, 0.25) is 0 Å². The summed E-state index contributed by atoms with van der Waals surface area (Å²) < 4.78 is 12.8. The van der Waals surface area contributed by atoms with Gasteiger partial charge in [0.2, 0.25) is 5.91 Å². The number of carbonyl (C=O) groups is 1. The molecule has 2 rings (SSSR count). The van der Waals surface area contributed by atoms with Crippen molar-refractivity contribution in [2.24, 2.45) is 0 Å². The molecule has 1 fully saturated rings. The van der Waals surface area contributed by atoms with E-state index in [0.717, 1.165) is 18.6 Å². The summed E-state index contributed by atoms with van der Waals surface area (Å²) in [6.45, 7) is 0. The maximum Gasteiger partial charge on any atom is 0.237 e. The van der Waals surface area contributed by atoms with Crippen LogP contribution in [0.25, 0.3) is 0 Å². The van der Waals surface area contributed by atoms with Gasteiger partial charge >= 0.3 is 0 Å². The number of rotatable bonds is 2. The van der Waals surface area contributed by atoms with Gasteiger partial charge in [0.15, 0.2) is 0 Å². The zero-order chi connectivity index (χ0) is 11.5. The smallest absolute Gasteiger partial charge is 0.237 e. The summed E-state index contributed by atoms with van der Waals surface area (Å²) in [5, 5.41) is 2.73. The molecule has 1 aliphatic heterocycles. The van der Waals surface area contributed by atoms with E-state index in [0.29, 0.717) is 5.69 Å². The molecule has 5 heteroatoms. The highest BCUT2D eigenvalue weighted by Crippen LogP contribution is 2.28. The molecular weight excluding hydrogens is 227 g/mol. The van der Waals surface area contributed by atoms with Crippen molar-refractivity contribution in [3.63, 3.8) is 0 Å². The summed E-state index contributed by atoms with van der Waals surface area (Å²) in [5.41, 5.74) is 6.35. The Hall–Kier alpha value is -1.23. The van der Waals surface area contributed by atoms with Crippen molar-refractivity contribution in [3.05, 3.63) is 24.0 Å². The average Bonchev–Trinajstić information content (AvgIpc) is 2.75. The number of anilines is 2. The van der Waals surface area contributed by atoms with Crippen LogP contribution in [0.3, 0.4) is 0 Å². The number of benzene rings is 1. The van der Waals surface area contributed by atoms with Crippen LogP contribution in [0, 0.1) is 5.82 Å². The molecule has 1 unspecified atom stereocenters. The lowest BCUT2D eigenvalue weighted by atomic mass is 10.2. The lowest BCUT2D eigenvalue weighted by Crippen LogP contribution is -2.23. The second-order valence-electron chi connectivity index (χ2n) is 3.72. The molecule has 1 aliphatic rings. The number of carbonyl (C=O) groups excluding carboxylic acids is 1. The molecule has 1 aromatic carbocycles. The van der Waals surface area contributed by atoms with E-state index in [2.05, 4.69) is 5.32 Å². The highest BCUT2D eigenvalue weighted by molar-refractivity contribution is 8.00. The number of hydrogen-bond acceptors (Lipinski definition) is 3. The summed E-state index contributed by atoms with van der Waals surface area (Å²) in [5.74, 6) is 0.586. The fraction of sp³-hybridized carbons (Fsp3) is 0.364. The molecule has 0 spiro atoms. The lowest BCUT2D eigenvalue weighted by molar-refractivity contribution is -0.115. The van der Waals surface area contributed by atoms with Crippen LogP contribution in [0.15, 0.2) is 18.2 Å². The van der Waals surface area contributed by atoms with Gasteiger partial charge < -0.3 is 11.1 Å². The van der Waals surface area contributed by atoms with Gasteiger partial charge in [-0.25, -0.2) is 4.39 Å². The molecule has 86 valence electrons. The molecular formula is C11H13FN2OS. The Morgan fingerprint density at radius 1 is 1.56 bits per heavy atom. The Labute approximate surface area is 97.6 Å². The van der Waals surface area contributed by atoms with E-state index in [-0.39, 0.29) is 16.8 Å². The summed E-state index contributed by atoms with van der Waals surface area (Å²) >= 11 is 1.65. The maximum atomic E-state index is 12.8. The third-order valence-corrected chi connectivity index (χ3v) is 3.87. The highest BCUT2D eigenvalue weighted by atomic mass is 32.2. The van der Waals surface area contributed by atoms with Crippen molar-refractivity contribution in [2.75, 3.05) is 16.8 Å². The van der Waals surface area contributed by atoms with Crippen LogP contribution in [0.1, 0.15) is 12.8 Å². The summed E-state index contributed by atoms with van der Waals surface area (Å²) in [6, 6.07) is 3.98. The lowest BCUT2D eigenvalue weighted by Gasteiger charge is -2.11. The van der Waals surface area contributed by atoms with Crippen LogP contribution in [0.4, 0.5) is 15.8 Å². The zero-order valence-electron chi connectivity index (χ0n) is 8.70. The van der Waals surface area contributed by atoms with Crippen LogP contribution in [-0.2, 0) is 4.79 Å². The second kappa shape index (κ2) is 4.74. The van der Waals surface area contributed by atoms with E-state index in [1.807, 2.05) is 0 Å². The van der Waals surface area contributed by atoms with Gasteiger partial charge in [-0.3, -0.25) is 4.79 Å². The van der Waals surface area contributed by atoms with Crippen molar-refractivity contribution in [3.8, 4) is 0 Å². The molecule has 0 radical (unpaired) electrons. The minimum absolute atomic E-state index is 0.00412. The van der Waals surface area contributed by atoms with Crippen LogP contribution < -0.4 is 11.1 Å². The van der Waals surface area contributed by atoms with Gasteiger partial charge in [0, 0.05) is 0 Å². The number of nitrogens with one attached hydrogen (secondary N) is 1. The van der Waals surface area contributed by atoms with E-state index in [1.54, 1.807) is 11.8 Å². The maximum absolute atomic E-state index is 12.8. The van der Waals surface area contributed by atoms with Crippen molar-refractivity contribution >= 4 is 29.0 Å². The second-order valence-corrected chi connectivity index (χ2v) is 5.03. The molecule has 1 heterocycles. The number of nitrogen functional groups attached to an aromatic ring is 1. The quantitative estimate of drug-likeness (QED) is 0.779. The first kappa shape index (κ1) is 11.3. The van der Waals surface area contributed by atoms with Crippen molar-refractivity contribution < 1.29 is 9.18 Å². The SMILES string of the molecule is Nc1cc(F)ccc1NC(=O)C1CCCS1. The molecule has 16 heavy (non-hydrogen) atoms. The minimum Gasteiger partial charge on any atom is -0.397 e. The number of halogens is 1. The standard InChI is InChI=1S/C11H13FN2OS/c12-7-3-4-9(8(13)6-7)14-11(15)10-2-1-5-16-10/h3-4,6,10H,1-2,5,13H2,(H,14,15). The van der Waals surface area contributed by atoms with E-state index in [9.17, 15) is 9.18 Å². The molecule has 1 atom stereocenters. The molecule has 1 amide bonds. The zero-order valence-corrected chi connectivity index (χ0v) is 9.52. The van der Waals surface area contributed by atoms with E-state index in [1.165, 1.54) is 18.2 Å². The van der Waals surface area contributed by atoms with E-state index >= 15 is 0 Å². The number of thioether (sulfide) groups is 1. The fourth-order valence-electron chi connectivity index (χ4n) is 1.65. The summed E-state index contributed by atoms with van der Waals surface area (Å²) in [4.78, 5) is 11.8. The van der Waals surface area contributed by atoms with Crippen molar-refractivity contribution in [2.45, 2.75) is 18.1 Å². The van der Waals surface area contributed by atoms with Gasteiger partial charge in [-0.2, -0.15) is 0 Å². The topological polar surface area (TPSA) is 55.1 Å². The molecule has 0 bridgehead atoms. The van der Waals surface area contributed by atoms with Crippen LogP contribution in [-0.4, -0.2) is 16.9 Å². The third-order valence-electron chi connectivity index (χ3n) is 2.49. The molecule has 0 saturated carbocycles. The van der Waals surface area contributed by atoms with Crippen LogP contribution >= 0.6 is 11.8 Å².